The van der Waals surface area contributed by atoms with Crippen molar-refractivity contribution in [2.75, 3.05) is 13.2 Å². The Morgan fingerprint density at radius 1 is 1.04 bits per heavy atom. The number of aryl methyl sites for hydroxylation is 1. The molecule has 0 fully saturated rings. The Bertz CT molecular complexity index is 908. The summed E-state index contributed by atoms with van der Waals surface area (Å²) in [6, 6.07) is 10.0. The Labute approximate surface area is 163 Å². The van der Waals surface area contributed by atoms with Gasteiger partial charge in [-0.15, -0.1) is 0 Å². The number of amides is 1. The van der Waals surface area contributed by atoms with E-state index in [1.54, 1.807) is 24.3 Å². The molecule has 2 aromatic rings. The predicted molar refractivity (Wildman–Crippen MR) is 103 cm³/mol. The fourth-order valence-electron chi connectivity index (χ4n) is 3.88. The largest absolute Gasteiger partial charge is 0.486 e. The fourth-order valence-corrected chi connectivity index (χ4v) is 3.88. The number of carboxylic acids is 1. The molecule has 1 aliphatic carbocycles. The van der Waals surface area contributed by atoms with Crippen molar-refractivity contribution in [3.8, 4) is 11.5 Å². The highest BCUT2D eigenvalue weighted by atomic mass is 16.6. The van der Waals surface area contributed by atoms with Crippen LogP contribution in [-0.2, 0) is 24.1 Å². The first-order valence-corrected chi connectivity index (χ1v) is 9.65. The zero-order chi connectivity index (χ0) is 19.5. The van der Waals surface area contributed by atoms with Gasteiger partial charge in [-0.1, -0.05) is 18.2 Å². The Hall–Kier alpha value is -3.02. The molecule has 0 saturated heterocycles. The molecule has 146 valence electrons. The first-order valence-electron chi connectivity index (χ1n) is 9.65. The van der Waals surface area contributed by atoms with Crippen molar-refractivity contribution >= 4 is 11.9 Å². The lowest BCUT2D eigenvalue weighted by molar-refractivity contribution is -0.139. The predicted octanol–water partition coefficient (Wildman–Crippen LogP) is 2.76. The van der Waals surface area contributed by atoms with E-state index >= 15 is 0 Å². The summed E-state index contributed by atoms with van der Waals surface area (Å²) in [7, 11) is 0. The normalized spacial score (nSPS) is 16.0. The summed E-state index contributed by atoms with van der Waals surface area (Å²) >= 11 is 0. The van der Waals surface area contributed by atoms with Crippen LogP contribution in [0.1, 0.15) is 39.9 Å². The van der Waals surface area contributed by atoms with Gasteiger partial charge in [0.2, 0.25) is 0 Å². The lowest BCUT2D eigenvalue weighted by Crippen LogP contribution is -2.42. The van der Waals surface area contributed by atoms with E-state index in [0.29, 0.717) is 30.3 Å². The van der Waals surface area contributed by atoms with Gasteiger partial charge in [-0.3, -0.25) is 4.79 Å². The Morgan fingerprint density at radius 3 is 2.64 bits per heavy atom. The second kappa shape index (κ2) is 7.92. The Balaban J connectivity index is 1.51. The molecule has 2 aliphatic rings. The number of fused-ring (bicyclic) bond motifs is 2. The maximum absolute atomic E-state index is 12.8. The Morgan fingerprint density at radius 2 is 1.82 bits per heavy atom. The number of nitrogens with one attached hydrogen (secondary N) is 1. The van der Waals surface area contributed by atoms with Gasteiger partial charge in [-0.25, -0.2) is 4.79 Å². The second-order valence-electron chi connectivity index (χ2n) is 7.20. The minimum absolute atomic E-state index is 0.173. The van der Waals surface area contributed by atoms with Gasteiger partial charge in [0.05, 0.1) is 0 Å². The van der Waals surface area contributed by atoms with Crippen LogP contribution in [-0.4, -0.2) is 36.2 Å². The van der Waals surface area contributed by atoms with E-state index in [-0.39, 0.29) is 12.3 Å². The topological polar surface area (TPSA) is 84.9 Å². The van der Waals surface area contributed by atoms with Crippen molar-refractivity contribution in [3.05, 3.63) is 58.7 Å². The number of hydrogen-bond donors (Lipinski definition) is 2. The lowest BCUT2D eigenvalue weighted by atomic mass is 9.88. The van der Waals surface area contributed by atoms with Crippen LogP contribution in [0.4, 0.5) is 0 Å². The van der Waals surface area contributed by atoms with E-state index in [1.807, 2.05) is 6.07 Å². The minimum Gasteiger partial charge on any atom is -0.486 e. The van der Waals surface area contributed by atoms with Gasteiger partial charge in [0.25, 0.3) is 5.91 Å². The third-order valence-corrected chi connectivity index (χ3v) is 5.29. The third kappa shape index (κ3) is 3.81. The molecular weight excluding hydrogens is 358 g/mol. The quantitative estimate of drug-likeness (QED) is 0.832. The standard InChI is InChI=1S/C22H23NO5/c24-21(17-7-3-5-15-4-1-2-6-16(15)17)23-18(22(25)26)12-14-8-9-19-20(13-14)28-11-10-27-19/h3,5,7-9,13,18H,1-2,4,6,10-12H2,(H,23,24)(H,25,26). The van der Waals surface area contributed by atoms with Gasteiger partial charge < -0.3 is 19.9 Å². The number of benzene rings is 2. The molecule has 0 saturated carbocycles. The smallest absolute Gasteiger partial charge is 0.326 e. The molecule has 2 N–H and O–H groups in total. The zero-order valence-electron chi connectivity index (χ0n) is 15.6. The van der Waals surface area contributed by atoms with Crippen LogP contribution in [0.3, 0.4) is 0 Å². The van der Waals surface area contributed by atoms with Crippen LogP contribution in [0.5, 0.6) is 11.5 Å². The molecule has 0 aromatic heterocycles. The van der Waals surface area contributed by atoms with E-state index in [1.165, 1.54) is 5.56 Å². The van der Waals surface area contributed by atoms with Crippen molar-refractivity contribution in [2.24, 2.45) is 0 Å². The van der Waals surface area contributed by atoms with Gasteiger partial charge in [0.1, 0.15) is 19.3 Å². The van der Waals surface area contributed by atoms with E-state index in [2.05, 4.69) is 11.4 Å². The highest BCUT2D eigenvalue weighted by molar-refractivity contribution is 5.98. The molecule has 2 aromatic carbocycles. The fraction of sp³-hybridized carbons (Fsp3) is 0.364. The average Bonchev–Trinajstić information content (AvgIpc) is 2.72. The molecule has 6 heteroatoms. The molecule has 1 heterocycles. The monoisotopic (exact) mass is 381 g/mol. The van der Waals surface area contributed by atoms with Crippen molar-refractivity contribution in [1.82, 2.24) is 5.32 Å². The summed E-state index contributed by atoms with van der Waals surface area (Å²) in [5.41, 5.74) is 3.60. The maximum Gasteiger partial charge on any atom is 0.326 e. The molecule has 28 heavy (non-hydrogen) atoms. The second-order valence-corrected chi connectivity index (χ2v) is 7.20. The molecule has 0 bridgehead atoms. The molecule has 1 amide bonds. The highest BCUT2D eigenvalue weighted by Gasteiger charge is 2.24. The van der Waals surface area contributed by atoms with Crippen molar-refractivity contribution < 1.29 is 24.2 Å². The summed E-state index contributed by atoms with van der Waals surface area (Å²) in [4.78, 5) is 24.6. The van der Waals surface area contributed by atoms with E-state index in [4.69, 9.17) is 9.47 Å². The number of carbonyl (C=O) groups excluding carboxylic acids is 1. The zero-order valence-corrected chi connectivity index (χ0v) is 15.6. The summed E-state index contributed by atoms with van der Waals surface area (Å²) in [5.74, 6) is -0.130. The summed E-state index contributed by atoms with van der Waals surface area (Å²) < 4.78 is 11.1. The molecule has 6 nitrogen and oxygen atoms in total. The molecule has 1 unspecified atom stereocenters. The number of carbonyl (C=O) groups is 2. The molecule has 1 atom stereocenters. The molecule has 0 radical (unpaired) electrons. The molecule has 1 aliphatic heterocycles. The van der Waals surface area contributed by atoms with Crippen LogP contribution >= 0.6 is 0 Å². The molecule has 4 rings (SSSR count). The van der Waals surface area contributed by atoms with Crippen LogP contribution in [0, 0.1) is 0 Å². The van der Waals surface area contributed by atoms with Crippen molar-refractivity contribution in [1.29, 1.82) is 0 Å². The van der Waals surface area contributed by atoms with Gasteiger partial charge in [-0.05, 0) is 60.6 Å². The first kappa shape index (κ1) is 18.3. The van der Waals surface area contributed by atoms with Crippen LogP contribution in [0.2, 0.25) is 0 Å². The maximum atomic E-state index is 12.8. The molecular formula is C22H23NO5. The van der Waals surface area contributed by atoms with Crippen LogP contribution in [0.15, 0.2) is 36.4 Å². The number of carboxylic acid groups (broad SMARTS) is 1. The van der Waals surface area contributed by atoms with E-state index < -0.39 is 12.0 Å². The number of hydrogen-bond acceptors (Lipinski definition) is 4. The summed E-state index contributed by atoms with van der Waals surface area (Å²) in [6.45, 7) is 0.968. The molecule has 0 spiro atoms. The minimum atomic E-state index is -1.06. The Kier molecular flexibility index (Phi) is 5.19. The summed E-state index contributed by atoms with van der Waals surface area (Å²) in [5, 5.41) is 12.3. The SMILES string of the molecule is O=C(NC(Cc1ccc2c(c1)OCCO2)C(=O)O)c1cccc2c1CCCC2. The van der Waals surface area contributed by atoms with Gasteiger partial charge >= 0.3 is 5.97 Å². The average molecular weight is 381 g/mol. The third-order valence-electron chi connectivity index (χ3n) is 5.29. The summed E-state index contributed by atoms with van der Waals surface area (Å²) in [6.07, 6.45) is 4.18. The highest BCUT2D eigenvalue weighted by Crippen LogP contribution is 2.31. The number of aliphatic carboxylic acids is 1. The number of rotatable bonds is 5. The van der Waals surface area contributed by atoms with Gasteiger partial charge in [0, 0.05) is 12.0 Å². The van der Waals surface area contributed by atoms with Gasteiger partial charge in [0.15, 0.2) is 11.5 Å². The van der Waals surface area contributed by atoms with Crippen LogP contribution < -0.4 is 14.8 Å². The van der Waals surface area contributed by atoms with Crippen LogP contribution in [0.25, 0.3) is 0 Å². The van der Waals surface area contributed by atoms with E-state index in [9.17, 15) is 14.7 Å². The van der Waals surface area contributed by atoms with Crippen molar-refractivity contribution in [3.63, 3.8) is 0 Å². The van der Waals surface area contributed by atoms with Gasteiger partial charge in [-0.2, -0.15) is 0 Å². The van der Waals surface area contributed by atoms with E-state index in [0.717, 1.165) is 36.8 Å². The first-order chi connectivity index (χ1) is 13.6. The lowest BCUT2D eigenvalue weighted by Gasteiger charge is -2.21. The number of ether oxygens (including phenoxy) is 2. The van der Waals surface area contributed by atoms with Crippen molar-refractivity contribution in [2.45, 2.75) is 38.1 Å².